The minimum Gasteiger partial charge on any atom is -0.462 e. The molecule has 0 unspecified atom stereocenters. The van der Waals surface area contributed by atoms with Crippen molar-refractivity contribution in [1.29, 1.82) is 0 Å². The van der Waals surface area contributed by atoms with E-state index in [1.807, 2.05) is 0 Å². The fraction of sp³-hybridized carbons (Fsp3) is 0.333. The maximum Gasteiger partial charge on any atom is 0.419 e. The summed E-state index contributed by atoms with van der Waals surface area (Å²) in [6, 6.07) is -0.113. The zero-order chi connectivity index (χ0) is 11.3. The molecule has 6 heteroatoms. The highest BCUT2D eigenvalue weighted by Crippen LogP contribution is 2.28. The highest BCUT2D eigenvalue weighted by atomic mass is 19.4. The van der Waals surface area contributed by atoms with Crippen molar-refractivity contribution in [3.05, 3.63) is 18.0 Å². The third kappa shape index (κ3) is 3.46. The van der Waals surface area contributed by atoms with E-state index < -0.39 is 11.7 Å². The van der Waals surface area contributed by atoms with Crippen molar-refractivity contribution in [2.75, 3.05) is 6.61 Å². The molecule has 1 rings (SSSR count). The molecule has 0 spiro atoms. The van der Waals surface area contributed by atoms with Gasteiger partial charge in [-0.05, 0) is 0 Å². The van der Waals surface area contributed by atoms with Gasteiger partial charge < -0.3 is 4.74 Å². The number of alkyl halides is 3. The molecule has 0 aromatic carbocycles. The normalized spacial score (nSPS) is 10.8. The van der Waals surface area contributed by atoms with Gasteiger partial charge in [0, 0.05) is 18.8 Å². The van der Waals surface area contributed by atoms with Gasteiger partial charge in [0.1, 0.15) is 6.61 Å². The minimum absolute atomic E-state index is 0.113. The molecule has 0 saturated heterocycles. The van der Waals surface area contributed by atoms with Crippen molar-refractivity contribution >= 4 is 0 Å². The number of nitrogens with zero attached hydrogens (tertiary/aromatic N) is 2. The van der Waals surface area contributed by atoms with Crippen molar-refractivity contribution in [2.24, 2.45) is 0 Å². The molecule has 0 fully saturated rings. The molecule has 0 radical (unpaired) electrons. The molecular weight excluding hydrogens is 209 g/mol. The van der Waals surface area contributed by atoms with Crippen LogP contribution in [0.2, 0.25) is 0 Å². The number of ether oxygens (including phenoxy) is 1. The molecule has 0 atom stereocenters. The maximum absolute atomic E-state index is 12.1. The summed E-state index contributed by atoms with van der Waals surface area (Å²) < 4.78 is 41.1. The molecule has 80 valence electrons. The largest absolute Gasteiger partial charge is 0.462 e. The first-order valence-corrected chi connectivity index (χ1v) is 3.99. The number of halogens is 3. The fourth-order valence-electron chi connectivity index (χ4n) is 0.738. The van der Waals surface area contributed by atoms with E-state index in [1.54, 1.807) is 0 Å². The third-order valence-corrected chi connectivity index (χ3v) is 1.43. The van der Waals surface area contributed by atoms with E-state index in [2.05, 4.69) is 15.9 Å². The third-order valence-electron chi connectivity index (χ3n) is 1.43. The Hall–Kier alpha value is -1.77. The summed E-state index contributed by atoms with van der Waals surface area (Å²) >= 11 is 0. The summed E-state index contributed by atoms with van der Waals surface area (Å²) in [4.78, 5) is 6.79. The Morgan fingerprint density at radius 2 is 1.93 bits per heavy atom. The first-order chi connectivity index (χ1) is 7.04. The van der Waals surface area contributed by atoms with E-state index in [0.717, 1.165) is 0 Å². The van der Waals surface area contributed by atoms with Gasteiger partial charge in [-0.2, -0.15) is 13.2 Å². The Bertz CT molecular complexity index is 353. The highest BCUT2D eigenvalue weighted by Gasteiger charge is 2.31. The van der Waals surface area contributed by atoms with Crippen LogP contribution in [0.3, 0.4) is 0 Å². The van der Waals surface area contributed by atoms with Crippen molar-refractivity contribution < 1.29 is 17.9 Å². The lowest BCUT2D eigenvalue weighted by atomic mass is 10.3. The second-order valence-corrected chi connectivity index (χ2v) is 2.55. The van der Waals surface area contributed by atoms with E-state index in [0.29, 0.717) is 18.8 Å². The van der Waals surface area contributed by atoms with Crippen LogP contribution < -0.4 is 4.74 Å². The predicted molar refractivity (Wildman–Crippen MR) is 46.0 cm³/mol. The Kier molecular flexibility index (Phi) is 3.50. The van der Waals surface area contributed by atoms with E-state index >= 15 is 0 Å². The highest BCUT2D eigenvalue weighted by molar-refractivity contribution is 5.10. The summed E-state index contributed by atoms with van der Waals surface area (Å²) in [6.45, 7) is 0.182. The van der Waals surface area contributed by atoms with Gasteiger partial charge >= 0.3 is 12.2 Å². The number of hydrogen-bond acceptors (Lipinski definition) is 3. The van der Waals surface area contributed by atoms with Gasteiger partial charge in [0.25, 0.3) is 0 Å². The van der Waals surface area contributed by atoms with Crippen molar-refractivity contribution in [1.82, 2.24) is 9.97 Å². The number of terminal acetylenes is 1. The van der Waals surface area contributed by atoms with Crippen molar-refractivity contribution in [3.63, 3.8) is 0 Å². The molecule has 0 amide bonds. The molecule has 0 aliphatic rings. The standard InChI is InChI=1S/C9H7F3N2O/c1-2-3-4-15-8-13-5-7(6-14-8)9(10,11)12/h1,5-6H,3-4H2. The predicted octanol–water partition coefficient (Wildman–Crippen LogP) is 1.90. The van der Waals surface area contributed by atoms with E-state index in [4.69, 9.17) is 11.2 Å². The lowest BCUT2D eigenvalue weighted by Crippen LogP contribution is -2.07. The Morgan fingerprint density at radius 1 is 1.33 bits per heavy atom. The maximum atomic E-state index is 12.1. The fourth-order valence-corrected chi connectivity index (χ4v) is 0.738. The average molecular weight is 216 g/mol. The Balaban J connectivity index is 2.61. The second kappa shape index (κ2) is 4.64. The summed E-state index contributed by atoms with van der Waals surface area (Å²) in [6.07, 6.45) is 2.20. The molecule has 1 aromatic rings. The molecule has 0 aliphatic carbocycles. The van der Waals surface area contributed by atoms with Crippen LogP contribution in [-0.4, -0.2) is 16.6 Å². The smallest absolute Gasteiger partial charge is 0.419 e. The quantitative estimate of drug-likeness (QED) is 0.571. The topological polar surface area (TPSA) is 35.0 Å². The van der Waals surface area contributed by atoms with E-state index in [9.17, 15) is 13.2 Å². The summed E-state index contributed by atoms with van der Waals surface area (Å²) in [5.74, 6) is 2.31. The molecule has 0 saturated carbocycles. The van der Waals surface area contributed by atoms with Gasteiger partial charge in [-0.3, -0.25) is 0 Å². The van der Waals surface area contributed by atoms with Crippen LogP contribution in [-0.2, 0) is 6.18 Å². The number of rotatable bonds is 3. The van der Waals surface area contributed by atoms with Crippen LogP contribution in [0, 0.1) is 12.3 Å². The monoisotopic (exact) mass is 216 g/mol. The van der Waals surface area contributed by atoms with Gasteiger partial charge in [-0.1, -0.05) is 0 Å². The van der Waals surface area contributed by atoms with Crippen molar-refractivity contribution in [3.8, 4) is 18.4 Å². The minimum atomic E-state index is -4.43. The zero-order valence-corrected chi connectivity index (χ0v) is 7.58. The summed E-state index contributed by atoms with van der Waals surface area (Å²) in [7, 11) is 0. The molecule has 1 aromatic heterocycles. The van der Waals surface area contributed by atoms with Gasteiger partial charge in [0.2, 0.25) is 0 Å². The Labute approximate surface area is 84.3 Å². The lowest BCUT2D eigenvalue weighted by molar-refractivity contribution is -0.138. The summed E-state index contributed by atoms with van der Waals surface area (Å²) in [5, 5.41) is 0. The van der Waals surface area contributed by atoms with Crippen LogP contribution in [0.1, 0.15) is 12.0 Å². The van der Waals surface area contributed by atoms with E-state index in [-0.39, 0.29) is 12.6 Å². The molecule has 0 bridgehead atoms. The van der Waals surface area contributed by atoms with E-state index in [1.165, 1.54) is 0 Å². The van der Waals surface area contributed by atoms with Gasteiger partial charge in [0.05, 0.1) is 5.56 Å². The SMILES string of the molecule is C#CCCOc1ncc(C(F)(F)F)cn1. The number of aromatic nitrogens is 2. The molecule has 0 aliphatic heterocycles. The van der Waals surface area contributed by atoms with Crippen molar-refractivity contribution in [2.45, 2.75) is 12.6 Å². The molecule has 15 heavy (non-hydrogen) atoms. The second-order valence-electron chi connectivity index (χ2n) is 2.55. The van der Waals surface area contributed by atoms with Crippen LogP contribution in [0.15, 0.2) is 12.4 Å². The molecule has 3 nitrogen and oxygen atoms in total. The average Bonchev–Trinajstić information content (AvgIpc) is 2.18. The molecular formula is C9H7F3N2O. The number of hydrogen-bond donors (Lipinski definition) is 0. The van der Waals surface area contributed by atoms with Crippen LogP contribution >= 0.6 is 0 Å². The van der Waals surface area contributed by atoms with Crippen LogP contribution in [0.5, 0.6) is 6.01 Å². The first kappa shape index (κ1) is 11.3. The Morgan fingerprint density at radius 3 is 2.40 bits per heavy atom. The van der Waals surface area contributed by atoms with Crippen LogP contribution in [0.25, 0.3) is 0 Å². The van der Waals surface area contributed by atoms with Crippen LogP contribution in [0.4, 0.5) is 13.2 Å². The lowest BCUT2D eigenvalue weighted by Gasteiger charge is -2.06. The first-order valence-electron chi connectivity index (χ1n) is 3.99. The zero-order valence-electron chi connectivity index (χ0n) is 7.58. The van der Waals surface area contributed by atoms with Gasteiger partial charge in [-0.15, -0.1) is 12.3 Å². The molecule has 1 heterocycles. The molecule has 0 N–H and O–H groups in total. The van der Waals surface area contributed by atoms with Gasteiger partial charge in [-0.25, -0.2) is 9.97 Å². The summed E-state index contributed by atoms with van der Waals surface area (Å²) in [5.41, 5.74) is -0.910. The van der Waals surface area contributed by atoms with Gasteiger partial charge in [0.15, 0.2) is 0 Å².